The van der Waals surface area contributed by atoms with Crippen molar-refractivity contribution in [2.24, 2.45) is 5.73 Å². The molecular weight excluding hydrogens is 248 g/mol. The number of hydrogen-bond donors (Lipinski definition) is 1. The molecule has 2 atom stereocenters. The molecule has 2 N–H and O–H groups in total. The van der Waals surface area contributed by atoms with E-state index in [1.54, 1.807) is 19.1 Å². The SMILES string of the molecule is CCOc1cc(OC2CCC(N)C2)ccc1[N+](=O)[O-]. The molecule has 1 aromatic rings. The second-order valence-electron chi connectivity index (χ2n) is 4.63. The highest BCUT2D eigenvalue weighted by Crippen LogP contribution is 2.33. The van der Waals surface area contributed by atoms with Crippen molar-refractivity contribution in [1.82, 2.24) is 0 Å². The Morgan fingerprint density at radius 2 is 2.26 bits per heavy atom. The van der Waals surface area contributed by atoms with Crippen molar-refractivity contribution in [2.75, 3.05) is 6.61 Å². The summed E-state index contributed by atoms with van der Waals surface area (Å²) in [5, 5.41) is 10.9. The molecule has 0 aliphatic heterocycles. The first kappa shape index (κ1) is 13.6. The van der Waals surface area contributed by atoms with Gasteiger partial charge in [0, 0.05) is 18.2 Å². The topological polar surface area (TPSA) is 87.6 Å². The smallest absolute Gasteiger partial charge is 0.311 e. The molecule has 2 rings (SSSR count). The van der Waals surface area contributed by atoms with Gasteiger partial charge in [-0.25, -0.2) is 0 Å². The minimum atomic E-state index is -0.458. The van der Waals surface area contributed by atoms with Gasteiger partial charge in [-0.05, 0) is 32.3 Å². The fourth-order valence-electron chi connectivity index (χ4n) is 2.26. The molecule has 6 heteroatoms. The van der Waals surface area contributed by atoms with Crippen molar-refractivity contribution in [3.63, 3.8) is 0 Å². The summed E-state index contributed by atoms with van der Waals surface area (Å²) in [6.07, 6.45) is 2.78. The van der Waals surface area contributed by atoms with E-state index >= 15 is 0 Å². The average molecular weight is 266 g/mol. The van der Waals surface area contributed by atoms with E-state index in [2.05, 4.69) is 0 Å². The molecule has 0 saturated heterocycles. The molecule has 0 heterocycles. The molecule has 0 spiro atoms. The maximum Gasteiger partial charge on any atom is 0.311 e. The van der Waals surface area contributed by atoms with Crippen LogP contribution in [0.3, 0.4) is 0 Å². The lowest BCUT2D eigenvalue weighted by Crippen LogP contribution is -2.19. The van der Waals surface area contributed by atoms with Crippen LogP contribution in [0.4, 0.5) is 5.69 Å². The number of nitrogens with two attached hydrogens (primary N) is 1. The molecule has 0 radical (unpaired) electrons. The van der Waals surface area contributed by atoms with Crippen LogP contribution in [0, 0.1) is 10.1 Å². The predicted molar refractivity (Wildman–Crippen MR) is 70.5 cm³/mol. The minimum absolute atomic E-state index is 0.0441. The summed E-state index contributed by atoms with van der Waals surface area (Å²) in [6.45, 7) is 2.16. The normalized spacial score (nSPS) is 22.2. The lowest BCUT2D eigenvalue weighted by atomic mass is 10.2. The molecule has 0 bridgehead atoms. The van der Waals surface area contributed by atoms with Crippen LogP contribution in [-0.4, -0.2) is 23.7 Å². The van der Waals surface area contributed by atoms with E-state index in [4.69, 9.17) is 15.2 Å². The van der Waals surface area contributed by atoms with Crippen molar-refractivity contribution >= 4 is 5.69 Å². The van der Waals surface area contributed by atoms with Gasteiger partial charge in [0.15, 0.2) is 0 Å². The van der Waals surface area contributed by atoms with Gasteiger partial charge >= 0.3 is 5.69 Å². The summed E-state index contributed by atoms with van der Waals surface area (Å²) in [7, 11) is 0. The zero-order chi connectivity index (χ0) is 13.8. The number of benzene rings is 1. The predicted octanol–water partition coefficient (Wildman–Crippen LogP) is 2.25. The number of nitro groups is 1. The maximum absolute atomic E-state index is 10.9. The largest absolute Gasteiger partial charge is 0.490 e. The van der Waals surface area contributed by atoms with E-state index < -0.39 is 4.92 Å². The van der Waals surface area contributed by atoms with Crippen LogP contribution in [0.25, 0.3) is 0 Å². The van der Waals surface area contributed by atoms with E-state index in [0.29, 0.717) is 12.4 Å². The Kier molecular flexibility index (Phi) is 4.21. The third-order valence-electron chi connectivity index (χ3n) is 3.16. The number of ether oxygens (including phenoxy) is 2. The summed E-state index contributed by atoms with van der Waals surface area (Å²) < 4.78 is 11.1. The third kappa shape index (κ3) is 3.35. The van der Waals surface area contributed by atoms with Gasteiger partial charge in [0.25, 0.3) is 0 Å². The van der Waals surface area contributed by atoms with Gasteiger partial charge in [-0.2, -0.15) is 0 Å². The number of hydrogen-bond acceptors (Lipinski definition) is 5. The van der Waals surface area contributed by atoms with Crippen LogP contribution >= 0.6 is 0 Å². The van der Waals surface area contributed by atoms with Crippen molar-refractivity contribution in [2.45, 2.75) is 38.3 Å². The molecule has 1 saturated carbocycles. The van der Waals surface area contributed by atoms with Crippen LogP contribution in [-0.2, 0) is 0 Å². The average Bonchev–Trinajstić information content (AvgIpc) is 2.75. The highest BCUT2D eigenvalue weighted by molar-refractivity contribution is 5.50. The molecule has 104 valence electrons. The van der Waals surface area contributed by atoms with Crippen LogP contribution < -0.4 is 15.2 Å². The van der Waals surface area contributed by atoms with Crippen molar-refractivity contribution in [3.05, 3.63) is 28.3 Å². The molecule has 0 amide bonds. The summed E-state index contributed by atoms with van der Waals surface area (Å²) in [5.41, 5.74) is 5.78. The number of nitro benzene ring substituents is 1. The quantitative estimate of drug-likeness (QED) is 0.652. The molecule has 0 aromatic heterocycles. The molecule has 6 nitrogen and oxygen atoms in total. The fraction of sp³-hybridized carbons (Fsp3) is 0.538. The summed E-state index contributed by atoms with van der Waals surface area (Å²) >= 11 is 0. The standard InChI is InChI=1S/C13H18N2O4/c1-2-18-13-8-11(5-6-12(13)15(16)17)19-10-4-3-9(14)7-10/h5-6,8-10H,2-4,7,14H2,1H3. The van der Waals surface area contributed by atoms with Gasteiger partial charge in [0.05, 0.1) is 11.5 Å². The van der Waals surface area contributed by atoms with Gasteiger partial charge in [0.1, 0.15) is 11.9 Å². The second-order valence-corrected chi connectivity index (χ2v) is 4.63. The van der Waals surface area contributed by atoms with Crippen LogP contribution in [0.15, 0.2) is 18.2 Å². The van der Waals surface area contributed by atoms with Crippen molar-refractivity contribution in [3.8, 4) is 11.5 Å². The van der Waals surface area contributed by atoms with E-state index in [0.717, 1.165) is 19.3 Å². The minimum Gasteiger partial charge on any atom is -0.490 e. The van der Waals surface area contributed by atoms with Crippen molar-refractivity contribution in [1.29, 1.82) is 0 Å². The molecule has 1 aliphatic carbocycles. The zero-order valence-electron chi connectivity index (χ0n) is 10.9. The summed E-state index contributed by atoms with van der Waals surface area (Å²) in [4.78, 5) is 10.4. The van der Waals surface area contributed by atoms with E-state index in [1.807, 2.05) is 0 Å². The van der Waals surface area contributed by atoms with Gasteiger partial charge in [-0.15, -0.1) is 0 Å². The number of rotatable bonds is 5. The monoisotopic (exact) mass is 266 g/mol. The van der Waals surface area contributed by atoms with Crippen LogP contribution in [0.1, 0.15) is 26.2 Å². The Balaban J connectivity index is 2.13. The highest BCUT2D eigenvalue weighted by Gasteiger charge is 2.24. The van der Waals surface area contributed by atoms with Crippen LogP contribution in [0.5, 0.6) is 11.5 Å². The Bertz CT molecular complexity index is 464. The Labute approximate surface area is 111 Å². The van der Waals surface area contributed by atoms with Crippen LogP contribution in [0.2, 0.25) is 0 Å². The molecular formula is C13H18N2O4. The van der Waals surface area contributed by atoms with E-state index in [9.17, 15) is 10.1 Å². The van der Waals surface area contributed by atoms with Gasteiger partial charge in [-0.1, -0.05) is 0 Å². The Morgan fingerprint density at radius 1 is 1.47 bits per heavy atom. The summed E-state index contributed by atoms with van der Waals surface area (Å²) in [6, 6.07) is 4.78. The van der Waals surface area contributed by atoms with E-state index in [1.165, 1.54) is 6.07 Å². The molecule has 2 unspecified atom stereocenters. The van der Waals surface area contributed by atoms with Gasteiger partial charge in [-0.3, -0.25) is 10.1 Å². The van der Waals surface area contributed by atoms with Crippen molar-refractivity contribution < 1.29 is 14.4 Å². The first-order chi connectivity index (χ1) is 9.10. The first-order valence-corrected chi connectivity index (χ1v) is 6.43. The fourth-order valence-corrected chi connectivity index (χ4v) is 2.26. The Morgan fingerprint density at radius 3 is 2.84 bits per heavy atom. The molecule has 1 fully saturated rings. The first-order valence-electron chi connectivity index (χ1n) is 6.43. The zero-order valence-corrected chi connectivity index (χ0v) is 10.9. The lowest BCUT2D eigenvalue weighted by Gasteiger charge is -2.14. The lowest BCUT2D eigenvalue weighted by molar-refractivity contribution is -0.385. The van der Waals surface area contributed by atoms with Gasteiger partial charge in [0.2, 0.25) is 5.75 Å². The maximum atomic E-state index is 10.9. The van der Waals surface area contributed by atoms with E-state index in [-0.39, 0.29) is 23.6 Å². The summed E-state index contributed by atoms with van der Waals surface area (Å²) in [5.74, 6) is 0.834. The third-order valence-corrected chi connectivity index (χ3v) is 3.16. The molecule has 1 aliphatic rings. The number of nitrogens with zero attached hydrogens (tertiary/aromatic N) is 1. The van der Waals surface area contributed by atoms with Gasteiger partial charge < -0.3 is 15.2 Å². The second kappa shape index (κ2) is 5.88. The molecule has 19 heavy (non-hydrogen) atoms. The highest BCUT2D eigenvalue weighted by atomic mass is 16.6. The molecule has 1 aromatic carbocycles. The Hall–Kier alpha value is -1.82.